The molecule has 142 valence electrons. The van der Waals surface area contributed by atoms with Crippen LogP contribution >= 0.6 is 15.9 Å². The van der Waals surface area contributed by atoms with E-state index in [1.54, 1.807) is 18.7 Å². The number of carbonyl (C=O) groups is 1. The Morgan fingerprint density at radius 2 is 2.11 bits per heavy atom. The monoisotopic (exact) mass is 435 g/mol. The molecule has 10 nitrogen and oxygen atoms in total. The SMILES string of the molecule is CCOC(=O)c1[nH]nnc1OCc1c(-c2ccc(Br)c(CC)n2)nnn1C. The van der Waals surface area contributed by atoms with Gasteiger partial charge in [0.15, 0.2) is 0 Å². The molecular weight excluding hydrogens is 418 g/mol. The minimum absolute atomic E-state index is 0.0543. The number of aromatic nitrogens is 7. The fourth-order valence-electron chi connectivity index (χ4n) is 2.39. The number of rotatable bonds is 7. The molecule has 0 aromatic carbocycles. The molecule has 3 heterocycles. The first-order valence-corrected chi connectivity index (χ1v) is 9.09. The molecule has 0 atom stereocenters. The highest BCUT2D eigenvalue weighted by Crippen LogP contribution is 2.24. The molecule has 27 heavy (non-hydrogen) atoms. The molecule has 0 radical (unpaired) electrons. The molecule has 1 N–H and O–H groups in total. The number of hydrogen-bond donors (Lipinski definition) is 1. The van der Waals surface area contributed by atoms with Crippen molar-refractivity contribution in [3.63, 3.8) is 0 Å². The number of aryl methyl sites for hydroxylation is 2. The molecule has 0 spiro atoms. The Kier molecular flexibility index (Phi) is 5.79. The summed E-state index contributed by atoms with van der Waals surface area (Å²) in [4.78, 5) is 16.5. The Labute approximate surface area is 163 Å². The summed E-state index contributed by atoms with van der Waals surface area (Å²) in [5.41, 5.74) is 2.95. The van der Waals surface area contributed by atoms with Crippen LogP contribution in [0.5, 0.6) is 5.88 Å². The van der Waals surface area contributed by atoms with Crippen molar-refractivity contribution in [1.29, 1.82) is 0 Å². The summed E-state index contributed by atoms with van der Waals surface area (Å²) in [6.07, 6.45) is 0.780. The number of esters is 1. The van der Waals surface area contributed by atoms with E-state index in [1.165, 1.54) is 0 Å². The van der Waals surface area contributed by atoms with Crippen molar-refractivity contribution in [3.05, 3.63) is 33.7 Å². The summed E-state index contributed by atoms with van der Waals surface area (Å²) in [7, 11) is 1.75. The third kappa shape index (κ3) is 3.97. The fourth-order valence-corrected chi connectivity index (χ4v) is 2.90. The maximum Gasteiger partial charge on any atom is 0.362 e. The second kappa shape index (κ2) is 8.25. The predicted molar refractivity (Wildman–Crippen MR) is 98.0 cm³/mol. The summed E-state index contributed by atoms with van der Waals surface area (Å²) < 4.78 is 13.1. The maximum atomic E-state index is 11.9. The van der Waals surface area contributed by atoms with E-state index < -0.39 is 5.97 Å². The number of hydrogen-bond acceptors (Lipinski definition) is 8. The van der Waals surface area contributed by atoms with Gasteiger partial charge >= 0.3 is 5.97 Å². The second-order valence-electron chi connectivity index (χ2n) is 5.49. The van der Waals surface area contributed by atoms with Crippen LogP contribution in [0, 0.1) is 0 Å². The van der Waals surface area contributed by atoms with Crippen LogP contribution in [-0.2, 0) is 24.8 Å². The minimum atomic E-state index is -0.581. The molecule has 0 aliphatic heterocycles. The van der Waals surface area contributed by atoms with Crippen molar-refractivity contribution in [2.75, 3.05) is 6.61 Å². The van der Waals surface area contributed by atoms with Gasteiger partial charge in [-0.1, -0.05) is 22.4 Å². The highest BCUT2D eigenvalue weighted by atomic mass is 79.9. The zero-order valence-electron chi connectivity index (χ0n) is 15.1. The van der Waals surface area contributed by atoms with Crippen LogP contribution in [0.15, 0.2) is 16.6 Å². The van der Waals surface area contributed by atoms with Crippen LogP contribution in [0.3, 0.4) is 0 Å². The lowest BCUT2D eigenvalue weighted by molar-refractivity contribution is 0.0514. The molecule has 0 aliphatic rings. The Bertz CT molecular complexity index is 953. The van der Waals surface area contributed by atoms with Crippen LogP contribution in [0.25, 0.3) is 11.4 Å². The molecule has 3 aromatic heterocycles. The summed E-state index contributed by atoms with van der Waals surface area (Å²) in [5.74, 6) is -0.526. The highest BCUT2D eigenvalue weighted by molar-refractivity contribution is 9.10. The molecule has 3 rings (SSSR count). The van der Waals surface area contributed by atoms with Crippen molar-refractivity contribution in [2.24, 2.45) is 7.05 Å². The molecule has 3 aromatic rings. The van der Waals surface area contributed by atoms with E-state index in [0.29, 0.717) is 17.1 Å². The number of aromatic amines is 1. The Morgan fingerprint density at radius 3 is 2.85 bits per heavy atom. The van der Waals surface area contributed by atoms with Gasteiger partial charge in [-0.2, -0.15) is 0 Å². The van der Waals surface area contributed by atoms with Crippen LogP contribution in [0.2, 0.25) is 0 Å². The first-order valence-electron chi connectivity index (χ1n) is 8.30. The van der Waals surface area contributed by atoms with E-state index in [-0.39, 0.29) is 24.8 Å². The van der Waals surface area contributed by atoms with E-state index in [1.807, 2.05) is 19.1 Å². The van der Waals surface area contributed by atoms with Crippen LogP contribution in [0.4, 0.5) is 0 Å². The van der Waals surface area contributed by atoms with Crippen molar-refractivity contribution >= 4 is 21.9 Å². The standard InChI is InChI=1S/C16H18BrN7O3/c1-4-10-9(17)6-7-11(18-10)13-12(24(3)23-20-13)8-27-15-14(19-22-21-15)16(25)26-5-2/h6-7H,4-5,8H2,1-3H3,(H,19,21,22). The number of halogens is 1. The Hall–Kier alpha value is -2.82. The number of ether oxygens (including phenoxy) is 2. The van der Waals surface area contributed by atoms with Gasteiger partial charge in [0.2, 0.25) is 5.69 Å². The number of H-pyrrole nitrogens is 1. The Balaban J connectivity index is 1.85. The molecule has 0 saturated carbocycles. The molecular formula is C16H18BrN7O3. The first kappa shape index (κ1) is 19.0. The fraction of sp³-hybridized carbons (Fsp3) is 0.375. The lowest BCUT2D eigenvalue weighted by Gasteiger charge is -2.08. The average molecular weight is 436 g/mol. The molecule has 0 unspecified atom stereocenters. The number of nitrogens with zero attached hydrogens (tertiary/aromatic N) is 6. The lowest BCUT2D eigenvalue weighted by atomic mass is 10.2. The van der Waals surface area contributed by atoms with E-state index in [2.05, 4.69) is 46.6 Å². The summed E-state index contributed by atoms with van der Waals surface area (Å²) in [6, 6.07) is 3.79. The van der Waals surface area contributed by atoms with Crippen molar-refractivity contribution < 1.29 is 14.3 Å². The third-order valence-electron chi connectivity index (χ3n) is 3.78. The molecule has 11 heteroatoms. The Morgan fingerprint density at radius 1 is 1.30 bits per heavy atom. The maximum absolute atomic E-state index is 11.9. The minimum Gasteiger partial charge on any atom is -0.468 e. The molecule has 0 aliphatic carbocycles. The van der Waals surface area contributed by atoms with Crippen molar-refractivity contribution in [2.45, 2.75) is 26.9 Å². The zero-order chi connectivity index (χ0) is 19.4. The van der Waals surface area contributed by atoms with E-state index in [0.717, 1.165) is 16.6 Å². The second-order valence-corrected chi connectivity index (χ2v) is 6.34. The van der Waals surface area contributed by atoms with Gasteiger partial charge in [0.1, 0.15) is 18.0 Å². The largest absolute Gasteiger partial charge is 0.468 e. The van der Waals surface area contributed by atoms with Gasteiger partial charge in [0, 0.05) is 11.5 Å². The quantitative estimate of drug-likeness (QED) is 0.559. The van der Waals surface area contributed by atoms with E-state index >= 15 is 0 Å². The number of pyridine rings is 1. The van der Waals surface area contributed by atoms with Gasteiger partial charge in [0.25, 0.3) is 5.88 Å². The smallest absolute Gasteiger partial charge is 0.362 e. The van der Waals surface area contributed by atoms with Gasteiger partial charge in [-0.15, -0.1) is 5.10 Å². The lowest BCUT2D eigenvalue weighted by Crippen LogP contribution is -2.10. The first-order chi connectivity index (χ1) is 13.0. The van der Waals surface area contributed by atoms with E-state index in [9.17, 15) is 4.79 Å². The van der Waals surface area contributed by atoms with Gasteiger partial charge in [-0.3, -0.25) is 0 Å². The van der Waals surface area contributed by atoms with Gasteiger partial charge in [-0.25, -0.2) is 19.6 Å². The molecule has 0 saturated heterocycles. The van der Waals surface area contributed by atoms with Gasteiger partial charge < -0.3 is 9.47 Å². The average Bonchev–Trinajstić information content (AvgIpc) is 3.27. The number of carbonyl (C=O) groups excluding carboxylic acids is 1. The zero-order valence-corrected chi connectivity index (χ0v) is 16.6. The molecule has 0 bridgehead atoms. The van der Waals surface area contributed by atoms with Crippen molar-refractivity contribution in [3.8, 4) is 17.3 Å². The van der Waals surface area contributed by atoms with Crippen LogP contribution < -0.4 is 4.74 Å². The third-order valence-corrected chi connectivity index (χ3v) is 4.50. The summed E-state index contributed by atoms with van der Waals surface area (Å²) >= 11 is 3.49. The normalized spacial score (nSPS) is 10.8. The highest BCUT2D eigenvalue weighted by Gasteiger charge is 2.21. The molecule has 0 fully saturated rings. The van der Waals surface area contributed by atoms with Crippen molar-refractivity contribution in [1.82, 2.24) is 35.4 Å². The van der Waals surface area contributed by atoms with Crippen LogP contribution in [0.1, 0.15) is 35.7 Å². The van der Waals surface area contributed by atoms with Gasteiger partial charge in [-0.05, 0) is 41.4 Å². The summed E-state index contributed by atoms with van der Waals surface area (Å²) in [5, 5.41) is 18.1. The van der Waals surface area contributed by atoms with Crippen LogP contribution in [-0.4, -0.2) is 48.0 Å². The van der Waals surface area contributed by atoms with Gasteiger partial charge in [0.05, 0.1) is 18.0 Å². The predicted octanol–water partition coefficient (Wildman–Crippen LogP) is 2.08. The van der Waals surface area contributed by atoms with E-state index in [4.69, 9.17) is 9.47 Å². The summed E-state index contributed by atoms with van der Waals surface area (Å²) in [6.45, 7) is 4.06. The number of nitrogens with one attached hydrogen (secondary N) is 1. The topological polar surface area (TPSA) is 121 Å². The molecule has 0 amide bonds.